The lowest BCUT2D eigenvalue weighted by molar-refractivity contribution is -0.149. The van der Waals surface area contributed by atoms with Gasteiger partial charge in [0.05, 0.1) is 19.1 Å². The predicted molar refractivity (Wildman–Crippen MR) is 74.4 cm³/mol. The van der Waals surface area contributed by atoms with Crippen molar-refractivity contribution >= 4 is 22.1 Å². The Morgan fingerprint density at radius 2 is 2.14 bits per heavy atom. The van der Waals surface area contributed by atoms with Gasteiger partial charge in [-0.25, -0.2) is 0 Å². The van der Waals surface area contributed by atoms with Crippen molar-refractivity contribution in [3.63, 3.8) is 0 Å². The van der Waals surface area contributed by atoms with E-state index in [0.717, 1.165) is 0 Å². The summed E-state index contributed by atoms with van der Waals surface area (Å²) in [6.45, 7) is 2.91. The maximum absolute atomic E-state index is 12.5. The molecule has 0 saturated carbocycles. The second-order valence-electron chi connectivity index (χ2n) is 5.14. The molecule has 120 valence electrons. The van der Waals surface area contributed by atoms with Crippen molar-refractivity contribution in [2.24, 2.45) is 5.92 Å². The van der Waals surface area contributed by atoms with Crippen LogP contribution in [-0.4, -0.2) is 68.2 Å². The lowest BCUT2D eigenvalue weighted by atomic mass is 10.0. The molecule has 2 aliphatic heterocycles. The fourth-order valence-electron chi connectivity index (χ4n) is 2.58. The second kappa shape index (κ2) is 6.71. The minimum atomic E-state index is -3.70. The zero-order chi connectivity index (χ0) is 15.5. The van der Waals surface area contributed by atoms with Crippen molar-refractivity contribution in [2.75, 3.05) is 39.3 Å². The van der Waals surface area contributed by atoms with Crippen LogP contribution in [0, 0.1) is 5.92 Å². The number of esters is 1. The summed E-state index contributed by atoms with van der Waals surface area (Å²) < 4.78 is 32.5. The van der Waals surface area contributed by atoms with Gasteiger partial charge in [0.15, 0.2) is 0 Å². The SMILES string of the molecule is CCOC(=O)C1CCCN(S(=O)(=O)N2CCNC(=O)C2)C1. The number of rotatable bonds is 4. The van der Waals surface area contributed by atoms with Crippen LogP contribution < -0.4 is 5.32 Å². The molecule has 8 nitrogen and oxygen atoms in total. The minimum absolute atomic E-state index is 0.124. The fourth-order valence-corrected chi connectivity index (χ4v) is 4.24. The van der Waals surface area contributed by atoms with E-state index in [1.165, 1.54) is 8.61 Å². The highest BCUT2D eigenvalue weighted by atomic mass is 32.2. The topological polar surface area (TPSA) is 96.0 Å². The van der Waals surface area contributed by atoms with Gasteiger partial charge in [-0.15, -0.1) is 0 Å². The summed E-state index contributed by atoms with van der Waals surface area (Å²) >= 11 is 0. The summed E-state index contributed by atoms with van der Waals surface area (Å²) in [5.74, 6) is -1.08. The molecule has 2 heterocycles. The Kier molecular flexibility index (Phi) is 5.17. The van der Waals surface area contributed by atoms with Gasteiger partial charge >= 0.3 is 5.97 Å². The van der Waals surface area contributed by atoms with E-state index >= 15 is 0 Å². The third-order valence-corrected chi connectivity index (χ3v) is 5.61. The Labute approximate surface area is 124 Å². The highest BCUT2D eigenvalue weighted by Crippen LogP contribution is 2.22. The first-order chi connectivity index (χ1) is 9.95. The number of hydrogen-bond donors (Lipinski definition) is 1. The van der Waals surface area contributed by atoms with Gasteiger partial charge in [-0.2, -0.15) is 17.0 Å². The number of ether oxygens (including phenoxy) is 1. The third-order valence-electron chi connectivity index (χ3n) is 3.66. The molecule has 2 rings (SSSR count). The average molecular weight is 319 g/mol. The third kappa shape index (κ3) is 3.72. The van der Waals surface area contributed by atoms with Crippen LogP contribution >= 0.6 is 0 Å². The predicted octanol–water partition coefficient (Wildman–Crippen LogP) is -1.06. The van der Waals surface area contributed by atoms with Crippen LogP contribution in [0.1, 0.15) is 19.8 Å². The first-order valence-corrected chi connectivity index (χ1v) is 8.53. The molecule has 0 aromatic rings. The van der Waals surface area contributed by atoms with Crippen molar-refractivity contribution in [1.29, 1.82) is 0 Å². The molecule has 1 amide bonds. The average Bonchev–Trinajstić information content (AvgIpc) is 2.47. The van der Waals surface area contributed by atoms with Crippen LogP contribution in [-0.2, 0) is 24.5 Å². The van der Waals surface area contributed by atoms with Crippen LogP contribution in [0.5, 0.6) is 0 Å². The monoisotopic (exact) mass is 319 g/mol. The minimum Gasteiger partial charge on any atom is -0.466 e. The number of piperazine rings is 1. The molecule has 1 N–H and O–H groups in total. The molecule has 0 aromatic carbocycles. The zero-order valence-electron chi connectivity index (χ0n) is 12.1. The van der Waals surface area contributed by atoms with Gasteiger partial charge in [0.2, 0.25) is 5.91 Å². The molecule has 0 radical (unpaired) electrons. The first kappa shape index (κ1) is 16.2. The molecule has 2 fully saturated rings. The van der Waals surface area contributed by atoms with Gasteiger partial charge in [0, 0.05) is 26.2 Å². The van der Waals surface area contributed by atoms with E-state index in [1.54, 1.807) is 6.92 Å². The van der Waals surface area contributed by atoms with Crippen LogP contribution in [0.3, 0.4) is 0 Å². The van der Waals surface area contributed by atoms with Gasteiger partial charge in [0.25, 0.3) is 10.2 Å². The number of nitrogens with zero attached hydrogens (tertiary/aromatic N) is 2. The van der Waals surface area contributed by atoms with E-state index in [2.05, 4.69) is 5.32 Å². The number of carbonyl (C=O) groups is 2. The molecule has 2 aliphatic rings. The van der Waals surface area contributed by atoms with Gasteiger partial charge in [-0.3, -0.25) is 9.59 Å². The molecule has 1 atom stereocenters. The van der Waals surface area contributed by atoms with Crippen LogP contribution in [0.15, 0.2) is 0 Å². The maximum Gasteiger partial charge on any atom is 0.310 e. The van der Waals surface area contributed by atoms with E-state index in [-0.39, 0.29) is 38.1 Å². The van der Waals surface area contributed by atoms with Gasteiger partial charge < -0.3 is 10.1 Å². The molecule has 0 aliphatic carbocycles. The largest absolute Gasteiger partial charge is 0.466 e. The highest BCUT2D eigenvalue weighted by molar-refractivity contribution is 7.86. The Hall–Kier alpha value is -1.19. The molecule has 0 spiro atoms. The summed E-state index contributed by atoms with van der Waals surface area (Å²) in [6, 6.07) is 0. The van der Waals surface area contributed by atoms with E-state index in [1.807, 2.05) is 0 Å². The number of hydrogen-bond acceptors (Lipinski definition) is 5. The van der Waals surface area contributed by atoms with E-state index in [4.69, 9.17) is 4.74 Å². The highest BCUT2D eigenvalue weighted by Gasteiger charge is 2.37. The number of amides is 1. The number of carbonyl (C=O) groups excluding carboxylic acids is 2. The van der Waals surface area contributed by atoms with E-state index in [9.17, 15) is 18.0 Å². The molecule has 1 unspecified atom stereocenters. The van der Waals surface area contributed by atoms with Crippen LogP contribution in [0.25, 0.3) is 0 Å². The zero-order valence-corrected chi connectivity index (χ0v) is 12.9. The summed E-state index contributed by atoms with van der Waals surface area (Å²) in [5.41, 5.74) is 0. The Bertz CT molecular complexity index is 507. The molecule has 0 bridgehead atoms. The summed E-state index contributed by atoms with van der Waals surface area (Å²) in [4.78, 5) is 23.1. The molecule has 2 saturated heterocycles. The number of nitrogens with one attached hydrogen (secondary N) is 1. The Morgan fingerprint density at radius 1 is 1.38 bits per heavy atom. The maximum atomic E-state index is 12.5. The summed E-state index contributed by atoms with van der Waals surface area (Å²) in [7, 11) is -3.70. The smallest absolute Gasteiger partial charge is 0.310 e. The van der Waals surface area contributed by atoms with Crippen molar-refractivity contribution in [3.8, 4) is 0 Å². The molecular weight excluding hydrogens is 298 g/mol. The van der Waals surface area contributed by atoms with Gasteiger partial charge in [0.1, 0.15) is 0 Å². The Morgan fingerprint density at radius 3 is 2.81 bits per heavy atom. The van der Waals surface area contributed by atoms with Crippen molar-refractivity contribution in [3.05, 3.63) is 0 Å². The van der Waals surface area contributed by atoms with Gasteiger partial charge in [-0.05, 0) is 19.8 Å². The van der Waals surface area contributed by atoms with Gasteiger partial charge in [-0.1, -0.05) is 0 Å². The Balaban J connectivity index is 2.05. The summed E-state index contributed by atoms with van der Waals surface area (Å²) in [6.07, 6.45) is 1.24. The van der Waals surface area contributed by atoms with E-state index in [0.29, 0.717) is 25.9 Å². The van der Waals surface area contributed by atoms with Crippen molar-refractivity contribution in [1.82, 2.24) is 13.9 Å². The summed E-state index contributed by atoms with van der Waals surface area (Å²) in [5, 5.41) is 2.59. The van der Waals surface area contributed by atoms with Crippen LogP contribution in [0.2, 0.25) is 0 Å². The molecule has 0 aromatic heterocycles. The first-order valence-electron chi connectivity index (χ1n) is 7.13. The molecular formula is C12H21N3O5S. The fraction of sp³-hybridized carbons (Fsp3) is 0.833. The number of piperidine rings is 1. The van der Waals surface area contributed by atoms with E-state index < -0.39 is 16.1 Å². The lowest BCUT2D eigenvalue weighted by Gasteiger charge is -2.35. The van der Waals surface area contributed by atoms with Crippen molar-refractivity contribution in [2.45, 2.75) is 19.8 Å². The normalized spacial score (nSPS) is 25.4. The van der Waals surface area contributed by atoms with Crippen molar-refractivity contribution < 1.29 is 22.7 Å². The quantitative estimate of drug-likeness (QED) is 0.666. The lowest BCUT2D eigenvalue weighted by Crippen LogP contribution is -2.56. The second-order valence-corrected chi connectivity index (χ2v) is 7.07. The standard InChI is InChI=1S/C12H21N3O5S/c1-2-20-12(17)10-4-3-6-14(8-10)21(18,19)15-7-5-13-11(16)9-15/h10H,2-9H2,1H3,(H,13,16). The van der Waals surface area contributed by atoms with Crippen LogP contribution in [0.4, 0.5) is 0 Å². The molecule has 9 heteroatoms. The molecule has 21 heavy (non-hydrogen) atoms.